The summed E-state index contributed by atoms with van der Waals surface area (Å²) in [5, 5.41) is 13.3. The van der Waals surface area contributed by atoms with Crippen LogP contribution < -0.4 is 10.6 Å². The summed E-state index contributed by atoms with van der Waals surface area (Å²) in [5.74, 6) is 0.982. The van der Waals surface area contributed by atoms with Crippen molar-refractivity contribution in [2.45, 2.75) is 38.1 Å². The maximum Gasteiger partial charge on any atom is 0.231 e. The van der Waals surface area contributed by atoms with Gasteiger partial charge in [-0.1, -0.05) is 202 Å². The molecule has 5 unspecified atom stereocenters. The van der Waals surface area contributed by atoms with Crippen LogP contribution in [0.2, 0.25) is 0 Å². The second kappa shape index (κ2) is 14.9. The molecule has 0 N–H and O–H groups in total. The lowest BCUT2D eigenvalue weighted by Gasteiger charge is -2.58. The van der Waals surface area contributed by atoms with Gasteiger partial charge in [0.2, 0.25) is 5.96 Å². The van der Waals surface area contributed by atoms with Crippen LogP contribution in [0.4, 0.5) is 0 Å². The zero-order valence-corrected chi connectivity index (χ0v) is 40.5. The molecular formula is C68H48N4O. The summed E-state index contributed by atoms with van der Waals surface area (Å²) >= 11 is 0. The van der Waals surface area contributed by atoms with Gasteiger partial charge in [-0.25, -0.2) is 9.98 Å². The van der Waals surface area contributed by atoms with Crippen molar-refractivity contribution < 1.29 is 4.42 Å². The second-order valence-corrected chi connectivity index (χ2v) is 21.0. The number of aliphatic imine (C=N–C) groups is 2. The molecule has 16 rings (SSSR count). The Morgan fingerprint density at radius 3 is 2.14 bits per heavy atom. The summed E-state index contributed by atoms with van der Waals surface area (Å²) in [4.78, 5) is 11.8. The summed E-state index contributed by atoms with van der Waals surface area (Å²) in [6.45, 7) is 4.83. The van der Waals surface area contributed by atoms with E-state index in [0.29, 0.717) is 5.96 Å². The third-order valence-corrected chi connectivity index (χ3v) is 17.6. The minimum Gasteiger partial charge on any atom is -0.454 e. The standard InChI is InChI=1S/C68H48N4O/c1-67-38-18-17-30-54(67)47-25-11-14-28-50(47)65-68(67,2)64(42-20-5-3-6-21-42)69-66(70-65)72-55-31-16-15-29-51(55)60-48-26-12-13-27-49(48)61-53-39-43(34-37-58(53)73-63(61)62(60)72)44-32-35-52-57(40-44)71(45-22-7-4-8-23-45)56-36-33-41-19-9-10-24-46(41)59(52)56/h3-31,33-40,44,54,65H,32H2,1-2H3. The molecule has 12 aromatic rings. The Kier molecular flexibility index (Phi) is 8.33. The van der Waals surface area contributed by atoms with Crippen LogP contribution in [0.1, 0.15) is 60.4 Å². The van der Waals surface area contributed by atoms with Crippen molar-refractivity contribution in [1.29, 1.82) is 0 Å². The summed E-state index contributed by atoms with van der Waals surface area (Å²) in [6.07, 6.45) is 15.1. The number of allylic oxidation sites excluding steroid dienone is 4. The maximum absolute atomic E-state index is 7.31. The molecule has 1 aliphatic heterocycles. The lowest BCUT2D eigenvalue weighted by atomic mass is 9.46. The van der Waals surface area contributed by atoms with Crippen LogP contribution in [-0.2, 0) is 0 Å². The van der Waals surface area contributed by atoms with E-state index < -0.39 is 5.41 Å². The lowest BCUT2D eigenvalue weighted by molar-refractivity contribution is 0.127. The number of fused-ring (bicyclic) bond motifs is 21. The van der Waals surface area contributed by atoms with Crippen LogP contribution in [-0.4, -0.2) is 20.8 Å². The van der Waals surface area contributed by atoms with Crippen molar-refractivity contribution >= 4 is 100 Å². The molecule has 5 atom stereocenters. The van der Waals surface area contributed by atoms with Crippen molar-refractivity contribution in [3.8, 4) is 5.69 Å². The normalized spacial score (nSPS) is 22.0. The number of para-hydroxylation sites is 2. The van der Waals surface area contributed by atoms with Crippen LogP contribution in [0.25, 0.3) is 94.0 Å². The number of hydrogen-bond donors (Lipinski definition) is 0. The van der Waals surface area contributed by atoms with Gasteiger partial charge >= 0.3 is 0 Å². The lowest BCUT2D eigenvalue weighted by Crippen LogP contribution is -2.55. The monoisotopic (exact) mass is 936 g/mol. The van der Waals surface area contributed by atoms with E-state index in [1.807, 2.05) is 0 Å². The van der Waals surface area contributed by atoms with E-state index in [4.69, 9.17) is 14.4 Å². The van der Waals surface area contributed by atoms with E-state index in [2.05, 4.69) is 247 Å². The van der Waals surface area contributed by atoms with Crippen molar-refractivity contribution in [2.24, 2.45) is 20.8 Å². The topological polar surface area (TPSA) is 47.7 Å². The zero-order chi connectivity index (χ0) is 48.2. The molecule has 9 aromatic carbocycles. The quantitative estimate of drug-likeness (QED) is 0.174. The number of aromatic nitrogens is 2. The highest BCUT2D eigenvalue weighted by atomic mass is 16.3. The Bertz CT molecular complexity index is 4640. The van der Waals surface area contributed by atoms with Gasteiger partial charge in [0.05, 0.1) is 28.1 Å². The second-order valence-electron chi connectivity index (χ2n) is 21.0. The van der Waals surface area contributed by atoms with Gasteiger partial charge in [0, 0.05) is 60.5 Å². The zero-order valence-electron chi connectivity index (χ0n) is 40.5. The third-order valence-electron chi connectivity index (χ3n) is 17.6. The third kappa shape index (κ3) is 5.41. The largest absolute Gasteiger partial charge is 0.454 e. The summed E-state index contributed by atoms with van der Waals surface area (Å²) < 4.78 is 12.1. The Hall–Kier alpha value is -8.80. The van der Waals surface area contributed by atoms with Crippen LogP contribution in [0, 0.1) is 10.8 Å². The number of benzene rings is 9. The van der Waals surface area contributed by atoms with E-state index in [9.17, 15) is 0 Å². The molecule has 5 heteroatoms. The molecule has 0 bridgehead atoms. The molecule has 3 aromatic heterocycles. The van der Waals surface area contributed by atoms with Crippen LogP contribution in [0.3, 0.4) is 0 Å². The first-order chi connectivity index (χ1) is 36.0. The minimum absolute atomic E-state index is 0.146. The Balaban J connectivity index is 0.958. The molecule has 346 valence electrons. The van der Waals surface area contributed by atoms with Gasteiger partial charge in [-0.05, 0) is 86.6 Å². The minimum atomic E-state index is -0.494. The Morgan fingerprint density at radius 1 is 0.589 bits per heavy atom. The van der Waals surface area contributed by atoms with Crippen LogP contribution >= 0.6 is 0 Å². The van der Waals surface area contributed by atoms with Gasteiger partial charge in [0.25, 0.3) is 0 Å². The van der Waals surface area contributed by atoms with E-state index >= 15 is 0 Å². The van der Waals surface area contributed by atoms with Gasteiger partial charge in [0.1, 0.15) is 11.1 Å². The smallest absolute Gasteiger partial charge is 0.231 e. The fourth-order valence-electron chi connectivity index (χ4n) is 14.0. The predicted molar refractivity (Wildman–Crippen MR) is 303 cm³/mol. The van der Waals surface area contributed by atoms with Crippen LogP contribution in [0.15, 0.2) is 227 Å². The number of rotatable bonds is 3. The highest BCUT2D eigenvalue weighted by Crippen LogP contribution is 2.66. The van der Waals surface area contributed by atoms with E-state index in [1.165, 1.54) is 59.7 Å². The molecule has 0 fully saturated rings. The number of furan rings is 1. The molecule has 3 aliphatic carbocycles. The molecule has 73 heavy (non-hydrogen) atoms. The molecule has 4 aliphatic rings. The highest BCUT2D eigenvalue weighted by molar-refractivity contribution is 6.36. The van der Waals surface area contributed by atoms with Gasteiger partial charge in [-0.2, -0.15) is 0 Å². The van der Waals surface area contributed by atoms with Crippen LogP contribution in [0.5, 0.6) is 0 Å². The highest BCUT2D eigenvalue weighted by Gasteiger charge is 2.61. The molecule has 0 spiro atoms. The summed E-state index contributed by atoms with van der Waals surface area (Å²) in [6, 6.07) is 68.4. The predicted octanol–water partition coefficient (Wildman–Crippen LogP) is 15.4. The summed E-state index contributed by atoms with van der Waals surface area (Å²) in [5.41, 5.74) is 11.3. The molecular weight excluding hydrogens is 889 g/mol. The van der Waals surface area contributed by atoms with Gasteiger partial charge in [-0.3, -0.25) is 4.57 Å². The number of nitrogens with zero attached hydrogens (tertiary/aromatic N) is 4. The molecule has 0 saturated carbocycles. The van der Waals surface area contributed by atoms with Crippen molar-refractivity contribution in [2.75, 3.05) is 0 Å². The first-order valence-corrected chi connectivity index (χ1v) is 25.8. The SMILES string of the molecule is CC12C=CC=CC1c1ccccc1C1N=C(n3c4ccccc4c4c5ccccc5c5c6cc(C7C=c8c(c9c%10ccccc%10ccc9n8-c8ccccc8)=CC7)ccc6oc5c43)N=C(c3ccccc3)C12C. The first kappa shape index (κ1) is 40.9. The van der Waals surface area contributed by atoms with E-state index in [-0.39, 0.29) is 23.3 Å². The maximum atomic E-state index is 7.31. The fraction of sp³-hybridized carbons (Fsp3) is 0.118. The van der Waals surface area contributed by atoms with Crippen molar-refractivity contribution in [3.05, 3.63) is 245 Å². The average Bonchev–Trinajstić information content (AvgIpc) is 4.16. The van der Waals surface area contributed by atoms with E-state index in [1.54, 1.807) is 0 Å². The van der Waals surface area contributed by atoms with Crippen molar-refractivity contribution in [1.82, 2.24) is 9.13 Å². The summed E-state index contributed by atoms with van der Waals surface area (Å²) in [7, 11) is 0. The number of hydrogen-bond acceptors (Lipinski definition) is 3. The van der Waals surface area contributed by atoms with Crippen molar-refractivity contribution in [3.63, 3.8) is 0 Å². The first-order valence-electron chi connectivity index (χ1n) is 25.8. The molecule has 5 nitrogen and oxygen atoms in total. The Morgan fingerprint density at radius 2 is 1.30 bits per heavy atom. The van der Waals surface area contributed by atoms with Gasteiger partial charge in [0.15, 0.2) is 5.58 Å². The van der Waals surface area contributed by atoms with E-state index in [0.717, 1.165) is 67.1 Å². The van der Waals surface area contributed by atoms with Gasteiger partial charge in [-0.15, -0.1) is 0 Å². The fourth-order valence-corrected chi connectivity index (χ4v) is 14.0. The molecule has 0 amide bonds. The van der Waals surface area contributed by atoms with Gasteiger partial charge < -0.3 is 8.98 Å². The molecule has 4 heterocycles. The molecule has 0 saturated heterocycles. The average molecular weight is 937 g/mol. The Labute approximate surface area is 421 Å². The molecule has 0 radical (unpaired) electrons.